The van der Waals surface area contributed by atoms with E-state index in [2.05, 4.69) is 26.1 Å². The van der Waals surface area contributed by atoms with Gasteiger partial charge in [-0.15, -0.1) is 0 Å². The summed E-state index contributed by atoms with van der Waals surface area (Å²) in [6.07, 6.45) is 0. The van der Waals surface area contributed by atoms with Crippen LogP contribution in [0.15, 0.2) is 61.2 Å². The zero-order chi connectivity index (χ0) is 22.3. The van der Waals surface area contributed by atoms with Gasteiger partial charge >= 0.3 is 4.87 Å². The standard InChI is InChI=1S/C20H19BrN4O4S2/c1-12(2)25-16-8-7-15(10-17(16)30-20(25)26)31(27,28)24(3)11-18-22-19(23-29-18)13-5-4-6-14(21)9-13/h4-10,12H,11H2,1-3H3. The van der Waals surface area contributed by atoms with Crippen molar-refractivity contribution >= 4 is 47.5 Å². The van der Waals surface area contributed by atoms with E-state index in [1.165, 1.54) is 19.2 Å². The van der Waals surface area contributed by atoms with Crippen molar-refractivity contribution in [1.82, 2.24) is 19.0 Å². The van der Waals surface area contributed by atoms with Gasteiger partial charge in [-0.3, -0.25) is 9.36 Å². The third-order valence-electron chi connectivity index (χ3n) is 4.72. The quantitative estimate of drug-likeness (QED) is 0.374. The van der Waals surface area contributed by atoms with Gasteiger partial charge in [0, 0.05) is 23.1 Å². The van der Waals surface area contributed by atoms with E-state index in [0.29, 0.717) is 10.5 Å². The second kappa shape index (κ2) is 8.30. The van der Waals surface area contributed by atoms with Gasteiger partial charge in [0.2, 0.25) is 21.7 Å². The summed E-state index contributed by atoms with van der Waals surface area (Å²) in [5.74, 6) is 0.557. The Balaban J connectivity index is 1.60. The van der Waals surface area contributed by atoms with Crippen LogP contribution in [0, 0.1) is 0 Å². The average Bonchev–Trinajstić information content (AvgIpc) is 3.30. The molecule has 0 saturated carbocycles. The van der Waals surface area contributed by atoms with Crippen LogP contribution in [0.1, 0.15) is 25.8 Å². The van der Waals surface area contributed by atoms with Gasteiger partial charge in [-0.2, -0.15) is 9.29 Å². The minimum absolute atomic E-state index is 0.0108. The molecule has 0 saturated heterocycles. The summed E-state index contributed by atoms with van der Waals surface area (Å²) < 4.78 is 35.7. The molecular formula is C20H19BrN4O4S2. The third-order valence-corrected chi connectivity index (χ3v) is 7.93. The second-order valence-corrected chi connectivity index (χ2v) is 11.2. The van der Waals surface area contributed by atoms with Crippen LogP contribution >= 0.6 is 27.3 Å². The predicted molar refractivity (Wildman–Crippen MR) is 123 cm³/mol. The molecule has 0 radical (unpaired) electrons. The first kappa shape index (κ1) is 21.9. The highest BCUT2D eigenvalue weighted by Crippen LogP contribution is 2.26. The molecule has 162 valence electrons. The van der Waals surface area contributed by atoms with Crippen molar-refractivity contribution in [2.45, 2.75) is 31.3 Å². The van der Waals surface area contributed by atoms with Crippen molar-refractivity contribution < 1.29 is 12.9 Å². The first-order valence-electron chi connectivity index (χ1n) is 9.37. The van der Waals surface area contributed by atoms with E-state index < -0.39 is 10.0 Å². The molecule has 0 aliphatic carbocycles. The summed E-state index contributed by atoms with van der Waals surface area (Å²) in [5, 5.41) is 3.94. The molecule has 0 unspecified atom stereocenters. The predicted octanol–water partition coefficient (Wildman–Crippen LogP) is 4.28. The highest BCUT2D eigenvalue weighted by molar-refractivity contribution is 9.10. The smallest absolute Gasteiger partial charge is 0.308 e. The van der Waals surface area contributed by atoms with Crippen LogP contribution in [0.2, 0.25) is 0 Å². The van der Waals surface area contributed by atoms with Gasteiger partial charge in [-0.25, -0.2) is 8.42 Å². The topological polar surface area (TPSA) is 98.3 Å². The minimum Gasteiger partial charge on any atom is -0.338 e. The number of thiazole rings is 1. The maximum absolute atomic E-state index is 13.1. The van der Waals surface area contributed by atoms with Crippen LogP contribution in [0.3, 0.4) is 0 Å². The molecular weight excluding hydrogens is 504 g/mol. The van der Waals surface area contributed by atoms with Crippen LogP contribution in [0.5, 0.6) is 0 Å². The molecule has 0 amide bonds. The van der Waals surface area contributed by atoms with Crippen molar-refractivity contribution in [3.63, 3.8) is 0 Å². The molecule has 0 aliphatic rings. The number of rotatable bonds is 6. The van der Waals surface area contributed by atoms with Gasteiger partial charge in [0.15, 0.2) is 0 Å². The summed E-state index contributed by atoms with van der Waals surface area (Å²) in [7, 11) is -2.37. The van der Waals surface area contributed by atoms with E-state index >= 15 is 0 Å². The lowest BCUT2D eigenvalue weighted by atomic mass is 10.2. The van der Waals surface area contributed by atoms with Crippen LogP contribution < -0.4 is 4.87 Å². The maximum Gasteiger partial charge on any atom is 0.308 e. The second-order valence-electron chi connectivity index (χ2n) is 7.24. The lowest BCUT2D eigenvalue weighted by Crippen LogP contribution is -2.26. The molecule has 0 N–H and O–H groups in total. The van der Waals surface area contributed by atoms with Crippen molar-refractivity contribution in [3.8, 4) is 11.4 Å². The Morgan fingerprint density at radius 3 is 2.71 bits per heavy atom. The molecule has 2 aromatic heterocycles. The molecule has 0 fully saturated rings. The summed E-state index contributed by atoms with van der Waals surface area (Å²) in [5.41, 5.74) is 1.48. The highest BCUT2D eigenvalue weighted by Gasteiger charge is 2.24. The zero-order valence-corrected chi connectivity index (χ0v) is 20.2. The molecule has 4 rings (SSSR count). The van der Waals surface area contributed by atoms with Crippen molar-refractivity contribution in [2.75, 3.05) is 7.05 Å². The lowest BCUT2D eigenvalue weighted by Gasteiger charge is -2.15. The molecule has 2 aromatic carbocycles. The Morgan fingerprint density at radius 1 is 1.23 bits per heavy atom. The Bertz CT molecular complexity index is 1420. The molecule has 8 nitrogen and oxygen atoms in total. The molecule has 31 heavy (non-hydrogen) atoms. The Labute approximate surface area is 191 Å². The van der Waals surface area contributed by atoms with Gasteiger partial charge in [-0.05, 0) is 44.2 Å². The van der Waals surface area contributed by atoms with E-state index in [4.69, 9.17) is 4.52 Å². The zero-order valence-electron chi connectivity index (χ0n) is 16.9. The number of aromatic nitrogens is 3. The Hall–Kier alpha value is -2.34. The molecule has 0 spiro atoms. The highest BCUT2D eigenvalue weighted by atomic mass is 79.9. The SMILES string of the molecule is CC(C)n1c(=O)sc2cc(S(=O)(=O)N(C)Cc3nc(-c4cccc(Br)c4)no3)ccc21. The Morgan fingerprint density at radius 2 is 2.00 bits per heavy atom. The molecule has 2 heterocycles. The Kier molecular flexibility index (Phi) is 5.86. The first-order valence-corrected chi connectivity index (χ1v) is 12.4. The number of benzene rings is 2. The fourth-order valence-corrected chi connectivity index (χ4v) is 5.86. The van der Waals surface area contributed by atoms with E-state index in [1.807, 2.05) is 38.1 Å². The van der Waals surface area contributed by atoms with E-state index in [-0.39, 0.29) is 28.2 Å². The van der Waals surface area contributed by atoms with Gasteiger partial charge in [0.05, 0.1) is 21.7 Å². The average molecular weight is 523 g/mol. The van der Waals surface area contributed by atoms with Crippen LogP contribution in [0.25, 0.3) is 21.6 Å². The molecule has 4 aromatic rings. The van der Waals surface area contributed by atoms with Crippen LogP contribution in [-0.4, -0.2) is 34.5 Å². The number of sulfonamides is 1. The van der Waals surface area contributed by atoms with Gasteiger partial charge in [0.1, 0.15) is 0 Å². The van der Waals surface area contributed by atoms with Crippen molar-refractivity contribution in [1.29, 1.82) is 0 Å². The maximum atomic E-state index is 13.1. The van der Waals surface area contributed by atoms with Gasteiger partial charge < -0.3 is 4.52 Å². The summed E-state index contributed by atoms with van der Waals surface area (Å²) >= 11 is 4.43. The van der Waals surface area contributed by atoms with E-state index in [9.17, 15) is 13.2 Å². The third kappa shape index (κ3) is 4.22. The number of fused-ring (bicyclic) bond motifs is 1. The summed E-state index contributed by atoms with van der Waals surface area (Å²) in [6, 6.07) is 12.1. The van der Waals surface area contributed by atoms with Crippen molar-refractivity contribution in [3.05, 3.63) is 62.5 Å². The van der Waals surface area contributed by atoms with Crippen molar-refractivity contribution in [2.24, 2.45) is 0 Å². The largest absolute Gasteiger partial charge is 0.338 e. The van der Waals surface area contributed by atoms with E-state index in [0.717, 1.165) is 31.2 Å². The fourth-order valence-electron chi connectivity index (χ4n) is 3.19. The molecule has 0 aliphatic heterocycles. The minimum atomic E-state index is -3.82. The number of halogens is 1. The number of nitrogens with zero attached hydrogens (tertiary/aromatic N) is 4. The summed E-state index contributed by atoms with van der Waals surface area (Å²) in [4.78, 5) is 16.5. The fraction of sp³-hybridized carbons (Fsp3) is 0.250. The number of hydrogen-bond acceptors (Lipinski definition) is 7. The molecule has 11 heteroatoms. The van der Waals surface area contributed by atoms with Gasteiger partial charge in [0.25, 0.3) is 0 Å². The van der Waals surface area contributed by atoms with Crippen LogP contribution in [0.4, 0.5) is 0 Å². The normalized spacial score (nSPS) is 12.3. The summed E-state index contributed by atoms with van der Waals surface area (Å²) in [6.45, 7) is 3.75. The lowest BCUT2D eigenvalue weighted by molar-refractivity contribution is 0.337. The first-order chi connectivity index (χ1) is 14.7. The number of hydrogen-bond donors (Lipinski definition) is 0. The van der Waals surface area contributed by atoms with Gasteiger partial charge in [-0.1, -0.05) is 44.6 Å². The van der Waals surface area contributed by atoms with Crippen LogP contribution in [-0.2, 0) is 16.6 Å². The monoisotopic (exact) mass is 522 g/mol. The molecule has 0 bridgehead atoms. The molecule has 0 atom stereocenters. The van der Waals surface area contributed by atoms with E-state index in [1.54, 1.807) is 10.6 Å².